The third-order valence-corrected chi connectivity index (χ3v) is 9.33. The average Bonchev–Trinajstić information content (AvgIpc) is 2.46. The number of benzene rings is 1. The highest BCUT2D eigenvalue weighted by Crippen LogP contribution is 2.36. The monoisotopic (exact) mass is 322 g/mol. The van der Waals surface area contributed by atoms with Crippen LogP contribution in [0, 0.1) is 0 Å². The minimum Gasteiger partial charge on any atom is -0.416 e. The SMILES string of the molecule is CC[C@@H](N)[C@@H](NCCO[Si](C)(C)C(C)(C)C)c1ccccc1. The van der Waals surface area contributed by atoms with Crippen molar-refractivity contribution in [2.45, 2.75) is 64.3 Å². The normalized spacial score (nSPS) is 15.6. The largest absolute Gasteiger partial charge is 0.416 e. The van der Waals surface area contributed by atoms with Gasteiger partial charge in [0.15, 0.2) is 8.32 Å². The molecule has 4 heteroatoms. The summed E-state index contributed by atoms with van der Waals surface area (Å²) in [6.45, 7) is 15.1. The molecule has 3 nitrogen and oxygen atoms in total. The van der Waals surface area contributed by atoms with Crippen molar-refractivity contribution in [2.24, 2.45) is 5.73 Å². The summed E-state index contributed by atoms with van der Waals surface area (Å²) >= 11 is 0. The summed E-state index contributed by atoms with van der Waals surface area (Å²) in [4.78, 5) is 0. The molecule has 0 saturated heterocycles. The molecule has 0 aromatic heterocycles. The van der Waals surface area contributed by atoms with Gasteiger partial charge in [-0.3, -0.25) is 0 Å². The number of hydrogen-bond donors (Lipinski definition) is 2. The van der Waals surface area contributed by atoms with Gasteiger partial charge >= 0.3 is 0 Å². The first kappa shape index (κ1) is 19.4. The summed E-state index contributed by atoms with van der Waals surface area (Å²) < 4.78 is 6.23. The second-order valence-corrected chi connectivity index (χ2v) is 12.3. The van der Waals surface area contributed by atoms with Crippen LogP contribution in [0.3, 0.4) is 0 Å². The molecule has 0 spiro atoms. The molecule has 0 aliphatic carbocycles. The fourth-order valence-electron chi connectivity index (χ4n) is 2.15. The van der Waals surface area contributed by atoms with Gasteiger partial charge in [0, 0.05) is 25.2 Å². The van der Waals surface area contributed by atoms with Gasteiger partial charge in [0.1, 0.15) is 0 Å². The Labute approximate surface area is 137 Å². The fourth-order valence-corrected chi connectivity index (χ4v) is 3.20. The molecule has 0 aliphatic heterocycles. The summed E-state index contributed by atoms with van der Waals surface area (Å²) in [6.07, 6.45) is 0.954. The molecule has 0 saturated carbocycles. The highest BCUT2D eigenvalue weighted by molar-refractivity contribution is 6.74. The molecule has 1 rings (SSSR count). The average molecular weight is 323 g/mol. The van der Waals surface area contributed by atoms with Crippen LogP contribution in [-0.4, -0.2) is 27.5 Å². The van der Waals surface area contributed by atoms with E-state index in [-0.39, 0.29) is 17.1 Å². The molecule has 0 bridgehead atoms. The van der Waals surface area contributed by atoms with Crippen molar-refractivity contribution < 1.29 is 4.43 Å². The van der Waals surface area contributed by atoms with Crippen molar-refractivity contribution in [2.75, 3.05) is 13.2 Å². The Morgan fingerprint density at radius 1 is 1.18 bits per heavy atom. The molecule has 22 heavy (non-hydrogen) atoms. The molecular formula is C18H34N2OSi. The summed E-state index contributed by atoms with van der Waals surface area (Å²) in [5, 5.41) is 3.84. The van der Waals surface area contributed by atoms with Crippen LogP contribution in [-0.2, 0) is 4.43 Å². The van der Waals surface area contributed by atoms with Crippen LogP contribution in [0.5, 0.6) is 0 Å². The maximum atomic E-state index is 6.29. The molecule has 0 unspecified atom stereocenters. The number of nitrogens with two attached hydrogens (primary N) is 1. The van der Waals surface area contributed by atoms with Gasteiger partial charge in [-0.2, -0.15) is 0 Å². The number of hydrogen-bond acceptors (Lipinski definition) is 3. The van der Waals surface area contributed by atoms with Crippen molar-refractivity contribution in [3.05, 3.63) is 35.9 Å². The van der Waals surface area contributed by atoms with Crippen LogP contribution in [0.2, 0.25) is 18.1 Å². The van der Waals surface area contributed by atoms with Crippen LogP contribution in [0.15, 0.2) is 30.3 Å². The van der Waals surface area contributed by atoms with E-state index in [0.717, 1.165) is 19.6 Å². The topological polar surface area (TPSA) is 47.3 Å². The van der Waals surface area contributed by atoms with E-state index in [0.29, 0.717) is 0 Å². The van der Waals surface area contributed by atoms with Crippen LogP contribution < -0.4 is 11.1 Å². The molecule has 126 valence electrons. The lowest BCUT2D eigenvalue weighted by Crippen LogP contribution is -2.44. The molecule has 1 aromatic carbocycles. The zero-order valence-corrected chi connectivity index (χ0v) is 16.1. The second kappa shape index (κ2) is 8.25. The maximum Gasteiger partial charge on any atom is 0.192 e. The standard InChI is InChI=1S/C18H34N2OSi/c1-7-16(19)17(15-11-9-8-10-12-15)20-13-14-21-22(5,6)18(2,3)4/h8-12,16-17,20H,7,13-14,19H2,1-6H3/t16-,17+/m1/s1. The zero-order valence-electron chi connectivity index (χ0n) is 15.1. The fraction of sp³-hybridized carbons (Fsp3) is 0.667. The smallest absolute Gasteiger partial charge is 0.192 e. The summed E-state index contributed by atoms with van der Waals surface area (Å²) in [6, 6.07) is 10.8. The van der Waals surface area contributed by atoms with E-state index in [1.165, 1.54) is 5.56 Å². The quantitative estimate of drug-likeness (QED) is 0.560. The highest BCUT2D eigenvalue weighted by Gasteiger charge is 2.36. The third-order valence-electron chi connectivity index (χ3n) is 4.79. The number of nitrogens with one attached hydrogen (secondary N) is 1. The summed E-state index contributed by atoms with van der Waals surface area (Å²) in [7, 11) is -1.66. The Morgan fingerprint density at radius 2 is 1.77 bits per heavy atom. The van der Waals surface area contributed by atoms with Crippen molar-refractivity contribution in [1.29, 1.82) is 0 Å². The van der Waals surface area contributed by atoms with Crippen LogP contribution in [0.1, 0.15) is 45.7 Å². The molecule has 2 atom stereocenters. The van der Waals surface area contributed by atoms with Gasteiger partial charge in [-0.25, -0.2) is 0 Å². The third kappa shape index (κ3) is 5.50. The van der Waals surface area contributed by atoms with E-state index >= 15 is 0 Å². The Morgan fingerprint density at radius 3 is 2.27 bits per heavy atom. The molecule has 0 aliphatic rings. The van der Waals surface area contributed by atoms with Crippen molar-refractivity contribution in [3.63, 3.8) is 0 Å². The molecule has 3 N–H and O–H groups in total. The molecule has 0 amide bonds. The Balaban J connectivity index is 2.56. The maximum absolute atomic E-state index is 6.29. The molecule has 0 radical (unpaired) electrons. The van der Waals surface area contributed by atoms with E-state index in [4.69, 9.17) is 10.2 Å². The number of rotatable bonds is 8. The first-order chi connectivity index (χ1) is 10.2. The van der Waals surface area contributed by atoms with Crippen molar-refractivity contribution in [1.82, 2.24) is 5.32 Å². The van der Waals surface area contributed by atoms with Gasteiger partial charge in [0.2, 0.25) is 0 Å². The molecule has 0 heterocycles. The van der Waals surface area contributed by atoms with E-state index in [9.17, 15) is 0 Å². The van der Waals surface area contributed by atoms with Gasteiger partial charge in [-0.1, -0.05) is 58.0 Å². The molecule has 0 fully saturated rings. The minimum atomic E-state index is -1.66. The highest BCUT2D eigenvalue weighted by atomic mass is 28.4. The van der Waals surface area contributed by atoms with Crippen LogP contribution in [0.25, 0.3) is 0 Å². The van der Waals surface area contributed by atoms with Crippen LogP contribution in [0.4, 0.5) is 0 Å². The molecular weight excluding hydrogens is 288 g/mol. The first-order valence-electron chi connectivity index (χ1n) is 8.37. The minimum absolute atomic E-state index is 0.121. The van der Waals surface area contributed by atoms with Gasteiger partial charge in [-0.05, 0) is 30.1 Å². The predicted molar refractivity (Wildman–Crippen MR) is 98.6 cm³/mol. The lowest BCUT2D eigenvalue weighted by molar-refractivity contribution is 0.274. The Kier molecular flexibility index (Phi) is 7.26. The Bertz CT molecular complexity index is 428. The predicted octanol–water partition coefficient (Wildman–Crippen LogP) is 4.08. The van der Waals surface area contributed by atoms with Crippen molar-refractivity contribution >= 4 is 8.32 Å². The van der Waals surface area contributed by atoms with Gasteiger partial charge in [0.05, 0.1) is 0 Å². The van der Waals surface area contributed by atoms with E-state index < -0.39 is 8.32 Å². The zero-order chi connectivity index (χ0) is 16.8. The van der Waals surface area contributed by atoms with E-state index in [1.54, 1.807) is 0 Å². The van der Waals surface area contributed by atoms with Gasteiger partial charge in [0.25, 0.3) is 0 Å². The first-order valence-corrected chi connectivity index (χ1v) is 11.3. The second-order valence-electron chi connectivity index (χ2n) is 7.52. The summed E-state index contributed by atoms with van der Waals surface area (Å²) in [5.74, 6) is 0. The molecule has 1 aromatic rings. The van der Waals surface area contributed by atoms with Gasteiger partial charge < -0.3 is 15.5 Å². The summed E-state index contributed by atoms with van der Waals surface area (Å²) in [5.41, 5.74) is 7.55. The van der Waals surface area contributed by atoms with Crippen LogP contribution >= 0.6 is 0 Å². The van der Waals surface area contributed by atoms with E-state index in [2.05, 4.69) is 70.4 Å². The lowest BCUT2D eigenvalue weighted by Gasteiger charge is -2.36. The van der Waals surface area contributed by atoms with Crippen molar-refractivity contribution in [3.8, 4) is 0 Å². The Hall–Kier alpha value is -0.683. The van der Waals surface area contributed by atoms with E-state index in [1.807, 2.05) is 6.07 Å². The lowest BCUT2D eigenvalue weighted by atomic mass is 9.98. The van der Waals surface area contributed by atoms with Gasteiger partial charge in [-0.15, -0.1) is 0 Å².